The van der Waals surface area contributed by atoms with Crippen LogP contribution in [0.2, 0.25) is 0 Å². The van der Waals surface area contributed by atoms with Crippen molar-refractivity contribution in [2.24, 2.45) is 17.8 Å². The summed E-state index contributed by atoms with van der Waals surface area (Å²) in [6.45, 7) is 1.46. The molecule has 1 aromatic heterocycles. The van der Waals surface area contributed by atoms with Crippen molar-refractivity contribution in [2.45, 2.75) is 76.4 Å². The van der Waals surface area contributed by atoms with E-state index in [0.29, 0.717) is 11.3 Å². The number of amides is 3. The van der Waals surface area contributed by atoms with E-state index in [1.165, 1.54) is 13.0 Å². The summed E-state index contributed by atoms with van der Waals surface area (Å²) in [5.41, 5.74) is 0.975. The smallest absolute Gasteiger partial charge is 0.346 e. The Morgan fingerprint density at radius 1 is 1.02 bits per heavy atom. The Morgan fingerprint density at radius 3 is 2.25 bits per heavy atom. The normalized spacial score (nSPS) is 18.8. The molecule has 3 amide bonds. The van der Waals surface area contributed by atoms with E-state index in [2.05, 4.69) is 20.9 Å². The monoisotopic (exact) mass is 565 g/mol. The second-order valence-electron chi connectivity index (χ2n) is 11.2. The highest BCUT2D eigenvalue weighted by Crippen LogP contribution is 2.51. The van der Waals surface area contributed by atoms with Crippen LogP contribution < -0.4 is 16.0 Å². The summed E-state index contributed by atoms with van der Waals surface area (Å²) >= 11 is 0. The average molecular weight is 566 g/mol. The fraction of sp³-hybridized carbons (Fsp3) is 0.593. The van der Waals surface area contributed by atoms with Crippen molar-refractivity contribution in [1.82, 2.24) is 20.9 Å². The summed E-state index contributed by atoms with van der Waals surface area (Å²) in [6.07, 6.45) is 0.946. The molecule has 0 bridgehead atoms. The molecule has 3 N–H and O–H groups in total. The first-order chi connectivity index (χ1) is 18.9. The number of nitrogens with one attached hydrogen (secondary N) is 3. The number of rotatable bonds is 11. The van der Waals surface area contributed by atoms with Gasteiger partial charge in [0, 0.05) is 5.92 Å². The third-order valence-electron chi connectivity index (χ3n) is 7.92. The van der Waals surface area contributed by atoms with Gasteiger partial charge in [0.05, 0.1) is 11.6 Å². The maximum Gasteiger partial charge on any atom is 0.405 e. The van der Waals surface area contributed by atoms with Crippen LogP contribution in [0, 0.1) is 30.5 Å². The van der Waals surface area contributed by atoms with Gasteiger partial charge in [-0.15, -0.1) is 0 Å². The highest BCUT2D eigenvalue weighted by molar-refractivity contribution is 6.01. The van der Waals surface area contributed by atoms with E-state index in [0.717, 1.165) is 44.6 Å². The first kappa shape index (κ1) is 28.0. The molecule has 216 valence electrons. The van der Waals surface area contributed by atoms with Gasteiger partial charge < -0.3 is 16.0 Å². The third kappa shape index (κ3) is 6.44. The maximum atomic E-state index is 15.2. The number of aromatic nitrogens is 2. The zero-order valence-corrected chi connectivity index (χ0v) is 22.1. The van der Waals surface area contributed by atoms with Crippen LogP contribution in [-0.2, 0) is 9.59 Å². The number of alkyl halides is 3. The van der Waals surface area contributed by atoms with Crippen molar-refractivity contribution in [3.8, 4) is 0 Å². The van der Waals surface area contributed by atoms with Gasteiger partial charge in [-0.25, -0.2) is 9.02 Å². The predicted octanol–water partition coefficient (Wildman–Crippen LogP) is 4.35. The van der Waals surface area contributed by atoms with Crippen molar-refractivity contribution >= 4 is 23.4 Å². The minimum Gasteiger partial charge on any atom is -0.346 e. The van der Waals surface area contributed by atoms with Gasteiger partial charge in [0.1, 0.15) is 24.1 Å². The Balaban J connectivity index is 1.33. The predicted molar refractivity (Wildman–Crippen MR) is 134 cm³/mol. The lowest BCUT2D eigenvalue weighted by atomic mass is 9.88. The van der Waals surface area contributed by atoms with E-state index in [1.807, 2.05) is 0 Å². The van der Waals surface area contributed by atoms with Gasteiger partial charge in [-0.05, 0) is 98.5 Å². The molecule has 40 heavy (non-hydrogen) atoms. The molecule has 3 aliphatic rings. The second-order valence-corrected chi connectivity index (χ2v) is 11.2. The van der Waals surface area contributed by atoms with Crippen molar-refractivity contribution in [1.29, 1.82) is 0 Å². The number of hydrogen-bond acceptors (Lipinski definition) is 6. The van der Waals surface area contributed by atoms with Gasteiger partial charge in [-0.2, -0.15) is 13.2 Å². The Labute approximate surface area is 227 Å². The molecule has 0 spiro atoms. The van der Waals surface area contributed by atoms with Crippen LogP contribution >= 0.6 is 0 Å². The summed E-state index contributed by atoms with van der Waals surface area (Å²) in [5, 5.41) is 14.9. The number of benzene rings is 1. The quantitative estimate of drug-likeness (QED) is 0.348. The van der Waals surface area contributed by atoms with E-state index < -0.39 is 48.2 Å². The fourth-order valence-electron chi connectivity index (χ4n) is 5.37. The first-order valence-electron chi connectivity index (χ1n) is 13.5. The Morgan fingerprint density at radius 2 is 1.68 bits per heavy atom. The van der Waals surface area contributed by atoms with Gasteiger partial charge in [-0.1, -0.05) is 5.16 Å². The van der Waals surface area contributed by atoms with Crippen molar-refractivity contribution < 1.29 is 36.6 Å². The van der Waals surface area contributed by atoms with Crippen LogP contribution in [0.25, 0.3) is 0 Å². The zero-order valence-electron chi connectivity index (χ0n) is 22.1. The molecule has 9 nitrogen and oxygen atoms in total. The van der Waals surface area contributed by atoms with Gasteiger partial charge in [-0.3, -0.25) is 14.4 Å². The summed E-state index contributed by atoms with van der Waals surface area (Å²) < 4.78 is 57.5. The number of hydrogen-bond donors (Lipinski definition) is 3. The molecular formula is C27H31F4N5O4. The van der Waals surface area contributed by atoms with Crippen molar-refractivity contribution in [3.05, 3.63) is 40.5 Å². The van der Waals surface area contributed by atoms with E-state index >= 15 is 4.39 Å². The Kier molecular flexibility index (Phi) is 7.58. The zero-order chi connectivity index (χ0) is 28.8. The van der Waals surface area contributed by atoms with Gasteiger partial charge in [0.15, 0.2) is 5.69 Å². The summed E-state index contributed by atoms with van der Waals surface area (Å²) in [6, 6.07) is 1.44. The lowest BCUT2D eigenvalue weighted by molar-refractivity contribution is -0.139. The number of carbonyl (C=O) groups is 3. The van der Waals surface area contributed by atoms with Gasteiger partial charge in [0.2, 0.25) is 11.8 Å². The van der Waals surface area contributed by atoms with Crippen molar-refractivity contribution in [3.63, 3.8) is 0 Å². The Hall–Kier alpha value is -3.51. The summed E-state index contributed by atoms with van der Waals surface area (Å²) in [7, 11) is 0. The van der Waals surface area contributed by atoms with Gasteiger partial charge >= 0.3 is 6.18 Å². The van der Waals surface area contributed by atoms with Crippen LogP contribution in [-0.4, -0.2) is 46.8 Å². The van der Waals surface area contributed by atoms with Crippen molar-refractivity contribution in [2.75, 3.05) is 11.9 Å². The van der Waals surface area contributed by atoms with E-state index in [-0.39, 0.29) is 40.6 Å². The van der Waals surface area contributed by atoms with E-state index in [9.17, 15) is 27.6 Å². The first-order valence-corrected chi connectivity index (χ1v) is 13.5. The highest BCUT2D eigenvalue weighted by Gasteiger charge is 2.49. The molecule has 3 aliphatic carbocycles. The second kappa shape index (κ2) is 10.8. The minimum atomic E-state index is -4.57. The lowest BCUT2D eigenvalue weighted by Gasteiger charge is -2.27. The van der Waals surface area contributed by atoms with Gasteiger partial charge in [0.25, 0.3) is 5.91 Å². The van der Waals surface area contributed by atoms with Crippen LogP contribution in [0.15, 0.2) is 16.8 Å². The molecule has 3 fully saturated rings. The number of aryl methyl sites for hydroxylation is 1. The molecule has 0 radical (unpaired) electrons. The van der Waals surface area contributed by atoms with Crippen LogP contribution in [0.3, 0.4) is 0 Å². The largest absolute Gasteiger partial charge is 0.405 e. The molecule has 0 saturated heterocycles. The molecular weight excluding hydrogens is 534 g/mol. The molecule has 2 aromatic rings. The summed E-state index contributed by atoms with van der Waals surface area (Å²) in [5.74, 6) is -3.42. The molecule has 5 rings (SSSR count). The topological polar surface area (TPSA) is 126 Å². The molecule has 1 heterocycles. The SMILES string of the molecule is Cc1cc(NC(=O)C(NC(=O)c2nonc2C2CC2)C(C2CC2)C2CC2)c(F)cc1C(C)C(=O)NCC(F)(F)F. The van der Waals surface area contributed by atoms with Crippen LogP contribution in [0.5, 0.6) is 0 Å². The number of nitrogens with zero attached hydrogens (tertiary/aromatic N) is 2. The third-order valence-corrected chi connectivity index (χ3v) is 7.92. The van der Waals surface area contributed by atoms with E-state index in [4.69, 9.17) is 4.63 Å². The molecule has 0 aliphatic heterocycles. The minimum absolute atomic E-state index is 0.0507. The van der Waals surface area contributed by atoms with Crippen LogP contribution in [0.4, 0.5) is 23.2 Å². The average Bonchev–Trinajstić information content (AvgIpc) is 3.75. The summed E-state index contributed by atoms with van der Waals surface area (Å²) in [4.78, 5) is 39.0. The number of halogens is 4. The van der Waals surface area contributed by atoms with E-state index in [1.54, 1.807) is 12.2 Å². The number of carbonyl (C=O) groups excluding carboxylic acids is 3. The highest BCUT2D eigenvalue weighted by atomic mass is 19.4. The molecule has 1 aromatic carbocycles. The standard InChI is InChI=1S/C27H31F4N5O4/c1-12-9-19(18(28)10-17(12)13(2)24(37)32-11-27(29,30)31)33-25(38)22(20(14-3-4-14)15-5-6-15)34-26(39)23-21(16-7-8-16)35-40-36-23/h9-10,13-16,20,22H,3-8,11H2,1-2H3,(H,32,37)(H,33,38)(H,34,39). The Bertz CT molecular complexity index is 1290. The molecule has 2 atom stereocenters. The molecule has 3 saturated carbocycles. The maximum absolute atomic E-state index is 15.2. The lowest BCUT2D eigenvalue weighted by Crippen LogP contribution is -2.50. The fourth-order valence-corrected chi connectivity index (χ4v) is 5.37. The molecule has 13 heteroatoms. The molecule has 2 unspecified atom stereocenters. The van der Waals surface area contributed by atoms with Crippen LogP contribution in [0.1, 0.15) is 84.6 Å². The number of anilines is 1.